The van der Waals surface area contributed by atoms with Crippen molar-refractivity contribution in [2.45, 2.75) is 51.6 Å². The van der Waals surface area contributed by atoms with Crippen molar-refractivity contribution < 1.29 is 13.6 Å². The van der Waals surface area contributed by atoms with E-state index in [1.165, 1.54) is 12.1 Å². The number of nitrogens with two attached hydrogens (primary N) is 1. The van der Waals surface area contributed by atoms with Crippen LogP contribution in [0.3, 0.4) is 0 Å². The largest absolute Gasteiger partial charge is 0.348 e. The van der Waals surface area contributed by atoms with Crippen LogP contribution in [0.15, 0.2) is 18.2 Å². The van der Waals surface area contributed by atoms with Gasteiger partial charge >= 0.3 is 0 Å². The van der Waals surface area contributed by atoms with Gasteiger partial charge in [-0.2, -0.15) is 0 Å². The third-order valence-corrected chi connectivity index (χ3v) is 3.17. The molecule has 2 unspecified atom stereocenters. The maximum absolute atomic E-state index is 13.8. The Hall–Kier alpha value is -1.20. The number of carbonyl (C=O) groups excluding carboxylic acids is 1. The number of carbonyl (C=O) groups is 1. The zero-order valence-corrected chi connectivity index (χ0v) is 13.2. The van der Waals surface area contributed by atoms with Gasteiger partial charge in [0.05, 0.1) is 12.1 Å². The molecule has 1 aromatic rings. The summed E-state index contributed by atoms with van der Waals surface area (Å²) in [6.07, 6.45) is 2.73. The summed E-state index contributed by atoms with van der Waals surface area (Å²) in [4.78, 5) is 11.9. The highest BCUT2D eigenvalue weighted by atomic mass is 35.5. The molecule has 0 fully saturated rings. The van der Waals surface area contributed by atoms with Crippen LogP contribution < -0.4 is 11.1 Å². The molecular formula is C15H23ClF2N2O. The summed E-state index contributed by atoms with van der Waals surface area (Å²) in [5, 5.41) is 2.75. The molecule has 120 valence electrons. The zero-order valence-electron chi connectivity index (χ0n) is 12.4. The lowest BCUT2D eigenvalue weighted by Crippen LogP contribution is -2.42. The van der Waals surface area contributed by atoms with Crippen molar-refractivity contribution in [2.24, 2.45) is 5.73 Å². The van der Waals surface area contributed by atoms with Crippen molar-refractivity contribution >= 4 is 18.3 Å². The first-order valence-corrected chi connectivity index (χ1v) is 7.00. The van der Waals surface area contributed by atoms with Crippen molar-refractivity contribution in [1.29, 1.82) is 0 Å². The van der Waals surface area contributed by atoms with E-state index in [1.54, 1.807) is 0 Å². The van der Waals surface area contributed by atoms with Crippen molar-refractivity contribution in [2.75, 3.05) is 0 Å². The van der Waals surface area contributed by atoms with Crippen molar-refractivity contribution in [3.05, 3.63) is 35.4 Å². The molecule has 1 aromatic carbocycles. The molecule has 0 bridgehead atoms. The normalized spacial score (nSPS) is 13.2. The first-order chi connectivity index (χ1) is 9.49. The van der Waals surface area contributed by atoms with Crippen LogP contribution in [0.25, 0.3) is 0 Å². The molecule has 0 saturated carbocycles. The highest BCUT2D eigenvalue weighted by Crippen LogP contribution is 2.22. The molecular weight excluding hydrogens is 298 g/mol. The molecule has 1 rings (SSSR count). The predicted octanol–water partition coefficient (Wildman–Crippen LogP) is 3.47. The van der Waals surface area contributed by atoms with E-state index in [0.717, 1.165) is 18.9 Å². The molecule has 0 aromatic heterocycles. The molecule has 0 spiro atoms. The molecule has 6 heteroatoms. The summed E-state index contributed by atoms with van der Waals surface area (Å²) in [5.74, 6) is -1.57. The van der Waals surface area contributed by atoms with Gasteiger partial charge in [0.1, 0.15) is 11.6 Å². The van der Waals surface area contributed by atoms with Gasteiger partial charge < -0.3 is 11.1 Å². The van der Waals surface area contributed by atoms with Crippen LogP contribution in [0, 0.1) is 11.6 Å². The number of hydrogen-bond donors (Lipinski definition) is 2. The second-order valence-corrected chi connectivity index (χ2v) is 4.91. The van der Waals surface area contributed by atoms with Crippen LogP contribution in [0.4, 0.5) is 8.78 Å². The van der Waals surface area contributed by atoms with Crippen LogP contribution in [0.1, 0.15) is 51.1 Å². The number of nitrogens with one attached hydrogen (secondary N) is 1. The highest BCUT2D eigenvalue weighted by Gasteiger charge is 2.20. The fourth-order valence-corrected chi connectivity index (χ4v) is 2.10. The lowest BCUT2D eigenvalue weighted by molar-refractivity contribution is -0.123. The Kier molecular flexibility index (Phi) is 9.13. The molecule has 0 heterocycles. The van der Waals surface area contributed by atoms with E-state index >= 15 is 0 Å². The van der Waals surface area contributed by atoms with Gasteiger partial charge in [-0.1, -0.05) is 32.8 Å². The third kappa shape index (κ3) is 5.98. The van der Waals surface area contributed by atoms with E-state index in [-0.39, 0.29) is 18.3 Å². The Morgan fingerprint density at radius 3 is 2.38 bits per heavy atom. The molecule has 0 aliphatic rings. The van der Waals surface area contributed by atoms with Crippen LogP contribution in [-0.2, 0) is 4.79 Å². The number of hydrogen-bond acceptors (Lipinski definition) is 2. The maximum atomic E-state index is 13.8. The van der Waals surface area contributed by atoms with Gasteiger partial charge in [0.2, 0.25) is 5.91 Å². The van der Waals surface area contributed by atoms with Crippen molar-refractivity contribution in [1.82, 2.24) is 5.32 Å². The second-order valence-electron chi connectivity index (χ2n) is 4.91. The third-order valence-electron chi connectivity index (χ3n) is 3.17. The summed E-state index contributed by atoms with van der Waals surface area (Å²) >= 11 is 0. The van der Waals surface area contributed by atoms with Crippen LogP contribution in [0.2, 0.25) is 0 Å². The van der Waals surface area contributed by atoms with E-state index in [9.17, 15) is 13.6 Å². The average Bonchev–Trinajstić information content (AvgIpc) is 2.38. The highest BCUT2D eigenvalue weighted by molar-refractivity contribution is 5.85. The maximum Gasteiger partial charge on any atom is 0.237 e. The second kappa shape index (κ2) is 9.68. The molecule has 0 radical (unpaired) electrons. The first-order valence-electron chi connectivity index (χ1n) is 7.00. The van der Waals surface area contributed by atoms with E-state index in [4.69, 9.17) is 5.73 Å². The quantitative estimate of drug-likeness (QED) is 0.808. The SMILES string of the molecule is CCCC(N)C(=O)NC(CCC)c1ccc(F)cc1F.Cl. The zero-order chi connectivity index (χ0) is 15.1. The Labute approximate surface area is 130 Å². The molecule has 3 nitrogen and oxygen atoms in total. The number of halogens is 3. The van der Waals surface area contributed by atoms with Gasteiger partial charge in [-0.25, -0.2) is 8.78 Å². The minimum Gasteiger partial charge on any atom is -0.348 e. The first kappa shape index (κ1) is 19.8. The Morgan fingerprint density at radius 1 is 1.24 bits per heavy atom. The average molecular weight is 321 g/mol. The molecule has 3 N–H and O–H groups in total. The van der Waals surface area contributed by atoms with E-state index in [2.05, 4.69) is 5.32 Å². The number of rotatable bonds is 7. The lowest BCUT2D eigenvalue weighted by Gasteiger charge is -2.21. The van der Waals surface area contributed by atoms with E-state index in [0.29, 0.717) is 18.4 Å². The molecule has 0 aliphatic carbocycles. The fraction of sp³-hybridized carbons (Fsp3) is 0.533. The van der Waals surface area contributed by atoms with E-state index < -0.39 is 23.7 Å². The van der Waals surface area contributed by atoms with Crippen LogP contribution >= 0.6 is 12.4 Å². The van der Waals surface area contributed by atoms with Crippen LogP contribution in [0.5, 0.6) is 0 Å². The smallest absolute Gasteiger partial charge is 0.237 e. The standard InChI is InChI=1S/C15H22F2N2O.ClH/c1-3-5-13(18)15(20)19-14(6-4-2)11-8-7-10(16)9-12(11)17;/h7-9,13-14H,3-6,18H2,1-2H3,(H,19,20);1H. The van der Waals surface area contributed by atoms with Gasteiger partial charge in [-0.3, -0.25) is 4.79 Å². The monoisotopic (exact) mass is 320 g/mol. The Balaban J connectivity index is 0.00000400. The number of amides is 1. The minimum atomic E-state index is -0.646. The van der Waals surface area contributed by atoms with Crippen molar-refractivity contribution in [3.8, 4) is 0 Å². The van der Waals surface area contributed by atoms with Crippen molar-refractivity contribution in [3.63, 3.8) is 0 Å². The topological polar surface area (TPSA) is 55.1 Å². The molecule has 0 aliphatic heterocycles. The summed E-state index contributed by atoms with van der Waals surface area (Å²) in [6.45, 7) is 3.88. The van der Waals surface area contributed by atoms with Crippen LogP contribution in [-0.4, -0.2) is 11.9 Å². The summed E-state index contributed by atoms with van der Waals surface area (Å²) in [7, 11) is 0. The van der Waals surface area contributed by atoms with Gasteiger partial charge in [-0.15, -0.1) is 12.4 Å². The minimum absolute atomic E-state index is 0. The lowest BCUT2D eigenvalue weighted by atomic mass is 10.0. The predicted molar refractivity (Wildman–Crippen MR) is 82.3 cm³/mol. The summed E-state index contributed by atoms with van der Waals surface area (Å²) < 4.78 is 26.7. The molecule has 0 saturated heterocycles. The van der Waals surface area contributed by atoms with Gasteiger partial charge in [0.25, 0.3) is 0 Å². The Morgan fingerprint density at radius 2 is 1.86 bits per heavy atom. The Bertz CT molecular complexity index is 457. The van der Waals surface area contributed by atoms with Gasteiger partial charge in [0, 0.05) is 11.6 Å². The molecule has 21 heavy (non-hydrogen) atoms. The summed E-state index contributed by atoms with van der Waals surface area (Å²) in [6, 6.07) is 2.32. The number of benzene rings is 1. The fourth-order valence-electron chi connectivity index (χ4n) is 2.10. The molecule has 2 atom stereocenters. The van der Waals surface area contributed by atoms with Gasteiger partial charge in [-0.05, 0) is 18.9 Å². The van der Waals surface area contributed by atoms with E-state index in [1.807, 2.05) is 13.8 Å². The summed E-state index contributed by atoms with van der Waals surface area (Å²) in [5.41, 5.74) is 6.04. The van der Waals surface area contributed by atoms with Gasteiger partial charge in [0.15, 0.2) is 0 Å². The molecule has 1 amide bonds.